The van der Waals surface area contributed by atoms with E-state index < -0.39 is 23.7 Å². The van der Waals surface area contributed by atoms with Crippen LogP contribution < -0.4 is 0 Å². The number of aromatic nitrogens is 4. The van der Waals surface area contributed by atoms with Gasteiger partial charge in [-0.2, -0.15) is 5.26 Å². The summed E-state index contributed by atoms with van der Waals surface area (Å²) in [5.74, 6) is 0. The van der Waals surface area contributed by atoms with E-state index in [1.165, 1.54) is 37.1 Å². The quantitative estimate of drug-likeness (QED) is 0.253. The van der Waals surface area contributed by atoms with Crippen LogP contribution in [-0.4, -0.2) is 67.7 Å². The molecule has 13 heteroatoms. The van der Waals surface area contributed by atoms with Gasteiger partial charge in [0.05, 0.1) is 36.7 Å². The van der Waals surface area contributed by atoms with Crippen molar-refractivity contribution in [3.05, 3.63) is 44.5 Å². The number of hydrogen-bond donors (Lipinski definition) is 2. The molecule has 0 fully saturated rings. The highest BCUT2D eigenvalue weighted by Gasteiger charge is 2.30. The SMILES string of the molecule is CO[C@@H](Cn1cc(-c2nc(C)c(Cl)s2)nn1)C(OC(CO)[C@@H](C)O)Sc1cc(Br)ccc1C#N. The number of methoxy groups -OCH3 is 1. The molecular formula is C21H23BrClN5O4S2. The largest absolute Gasteiger partial charge is 0.394 e. The summed E-state index contributed by atoms with van der Waals surface area (Å²) >= 11 is 12.1. The molecule has 0 radical (unpaired) electrons. The van der Waals surface area contributed by atoms with Crippen LogP contribution in [0.2, 0.25) is 4.34 Å². The van der Waals surface area contributed by atoms with E-state index in [1.54, 1.807) is 23.0 Å². The maximum atomic E-state index is 10.0. The lowest BCUT2D eigenvalue weighted by atomic mass is 10.2. The van der Waals surface area contributed by atoms with Gasteiger partial charge in [-0.25, -0.2) is 9.67 Å². The lowest BCUT2D eigenvalue weighted by Gasteiger charge is -2.30. The van der Waals surface area contributed by atoms with E-state index in [0.717, 1.165) is 10.2 Å². The molecule has 0 saturated heterocycles. The van der Waals surface area contributed by atoms with E-state index in [2.05, 4.69) is 37.3 Å². The molecule has 0 aliphatic carbocycles. The molecule has 2 heterocycles. The van der Waals surface area contributed by atoms with Gasteiger partial charge in [-0.1, -0.05) is 55.8 Å². The van der Waals surface area contributed by atoms with Crippen LogP contribution in [-0.2, 0) is 16.0 Å². The summed E-state index contributed by atoms with van der Waals surface area (Å²) in [6.45, 7) is 3.23. The number of aliphatic hydroxyl groups excluding tert-OH is 2. The zero-order chi connectivity index (χ0) is 24.8. The van der Waals surface area contributed by atoms with Crippen molar-refractivity contribution in [3.63, 3.8) is 0 Å². The first kappa shape index (κ1) is 27.0. The standard InChI is InChI=1S/C21H23BrClN5O4S2/c1-11-19(23)34-20(25-11)15-8-28(27-26-15)9-16(31-3)21(32-17(10-29)12(2)30)33-18-6-14(22)5-4-13(18)7-24/h4-6,8,12,16-17,21,29-30H,9-10H2,1-3H3/t12-,16+,17?,21?/m1/s1. The fourth-order valence-corrected chi connectivity index (χ4v) is 5.66. The second-order valence-corrected chi connectivity index (χ2v) is 11.0. The van der Waals surface area contributed by atoms with Crippen molar-refractivity contribution in [2.24, 2.45) is 0 Å². The summed E-state index contributed by atoms with van der Waals surface area (Å²) in [5.41, 5.74) is 1.08. The number of aryl methyl sites for hydroxylation is 1. The number of hydrogen-bond acceptors (Lipinski definition) is 10. The van der Waals surface area contributed by atoms with Gasteiger partial charge in [-0.15, -0.1) is 5.10 Å². The van der Waals surface area contributed by atoms with Crippen LogP contribution in [0.4, 0.5) is 0 Å². The van der Waals surface area contributed by atoms with Gasteiger partial charge in [-0.3, -0.25) is 0 Å². The minimum atomic E-state index is -0.917. The zero-order valence-corrected chi connectivity index (χ0v) is 22.5. The number of nitriles is 1. The molecule has 3 aromatic rings. The molecule has 4 atom stereocenters. The summed E-state index contributed by atoms with van der Waals surface area (Å²) in [6.07, 6.45) is -0.598. The Hall–Kier alpha value is -1.56. The van der Waals surface area contributed by atoms with Crippen LogP contribution in [0.5, 0.6) is 0 Å². The molecule has 0 bridgehead atoms. The molecule has 0 aliphatic rings. The fraction of sp³-hybridized carbons (Fsp3) is 0.429. The number of rotatable bonds is 11. The van der Waals surface area contributed by atoms with Crippen molar-refractivity contribution < 1.29 is 19.7 Å². The first-order valence-corrected chi connectivity index (χ1v) is 13.0. The number of thioether (sulfide) groups is 1. The summed E-state index contributed by atoms with van der Waals surface area (Å²) in [5, 5.41) is 38.3. The van der Waals surface area contributed by atoms with Gasteiger partial charge >= 0.3 is 0 Å². The zero-order valence-electron chi connectivity index (χ0n) is 18.6. The van der Waals surface area contributed by atoms with Crippen LogP contribution in [0, 0.1) is 18.3 Å². The minimum absolute atomic E-state index is 0.257. The highest BCUT2D eigenvalue weighted by atomic mass is 79.9. The van der Waals surface area contributed by atoms with Gasteiger partial charge in [0.1, 0.15) is 38.8 Å². The van der Waals surface area contributed by atoms with E-state index in [4.69, 9.17) is 21.1 Å². The molecule has 0 spiro atoms. The van der Waals surface area contributed by atoms with Crippen molar-refractivity contribution in [2.75, 3.05) is 13.7 Å². The number of thiazole rings is 1. The summed E-state index contributed by atoms with van der Waals surface area (Å²) in [4.78, 5) is 5.07. The lowest BCUT2D eigenvalue weighted by Crippen LogP contribution is -2.40. The number of halogens is 2. The van der Waals surface area contributed by atoms with Crippen molar-refractivity contribution in [3.8, 4) is 16.8 Å². The van der Waals surface area contributed by atoms with Gasteiger partial charge in [0.15, 0.2) is 0 Å². The predicted octanol–water partition coefficient (Wildman–Crippen LogP) is 3.89. The topological polar surface area (TPSA) is 126 Å². The second-order valence-electron chi connectivity index (χ2n) is 7.31. The Morgan fingerprint density at radius 2 is 2.15 bits per heavy atom. The summed E-state index contributed by atoms with van der Waals surface area (Å²) < 4.78 is 14.8. The van der Waals surface area contributed by atoms with Crippen molar-refractivity contribution in [1.29, 1.82) is 5.26 Å². The maximum Gasteiger partial charge on any atom is 0.147 e. The van der Waals surface area contributed by atoms with E-state index >= 15 is 0 Å². The third-order valence-electron chi connectivity index (χ3n) is 4.81. The second kappa shape index (κ2) is 12.4. The van der Waals surface area contributed by atoms with Crippen LogP contribution >= 0.6 is 50.6 Å². The van der Waals surface area contributed by atoms with Crippen molar-refractivity contribution >= 4 is 50.6 Å². The molecule has 34 heavy (non-hydrogen) atoms. The predicted molar refractivity (Wildman–Crippen MR) is 134 cm³/mol. The average molecular weight is 589 g/mol. The first-order chi connectivity index (χ1) is 16.2. The van der Waals surface area contributed by atoms with Gasteiger partial charge in [0, 0.05) is 16.5 Å². The molecule has 2 aromatic heterocycles. The van der Waals surface area contributed by atoms with Crippen molar-refractivity contribution in [1.82, 2.24) is 20.0 Å². The van der Waals surface area contributed by atoms with E-state index in [-0.39, 0.29) is 13.2 Å². The van der Waals surface area contributed by atoms with Crippen molar-refractivity contribution in [2.45, 2.75) is 49.0 Å². The van der Waals surface area contributed by atoms with E-state index in [0.29, 0.717) is 25.5 Å². The van der Waals surface area contributed by atoms with Crippen LogP contribution in [0.25, 0.3) is 10.7 Å². The molecule has 0 saturated carbocycles. The third kappa shape index (κ3) is 6.77. The molecule has 182 valence electrons. The molecule has 3 rings (SSSR count). The van der Waals surface area contributed by atoms with Crippen LogP contribution in [0.15, 0.2) is 33.8 Å². The van der Waals surface area contributed by atoms with Crippen LogP contribution in [0.3, 0.4) is 0 Å². The lowest BCUT2D eigenvalue weighted by molar-refractivity contribution is -0.105. The molecule has 1 aromatic carbocycles. The normalized spacial score (nSPS) is 15.0. The van der Waals surface area contributed by atoms with Gasteiger partial charge in [0.25, 0.3) is 0 Å². The Bertz CT molecular complexity index is 1130. The van der Waals surface area contributed by atoms with Gasteiger partial charge < -0.3 is 19.7 Å². The Kier molecular flexibility index (Phi) is 9.87. The van der Waals surface area contributed by atoms with Crippen LogP contribution in [0.1, 0.15) is 18.2 Å². The Balaban J connectivity index is 1.87. The van der Waals surface area contributed by atoms with Gasteiger partial charge in [-0.05, 0) is 32.0 Å². The smallest absolute Gasteiger partial charge is 0.147 e. The monoisotopic (exact) mass is 587 g/mol. The Labute approximate surface area is 218 Å². The minimum Gasteiger partial charge on any atom is -0.394 e. The highest BCUT2D eigenvalue weighted by Crippen LogP contribution is 2.34. The fourth-order valence-electron chi connectivity index (χ4n) is 2.91. The maximum absolute atomic E-state index is 10.0. The van der Waals surface area contributed by atoms with E-state index in [9.17, 15) is 15.5 Å². The van der Waals surface area contributed by atoms with Gasteiger partial charge in [0.2, 0.25) is 0 Å². The Morgan fingerprint density at radius 1 is 1.38 bits per heavy atom. The van der Waals surface area contributed by atoms with E-state index in [1.807, 2.05) is 13.0 Å². The number of benzene rings is 1. The molecule has 0 aliphatic heterocycles. The number of nitrogens with zero attached hydrogens (tertiary/aromatic N) is 5. The first-order valence-electron chi connectivity index (χ1n) is 10.1. The Morgan fingerprint density at radius 3 is 2.74 bits per heavy atom. The number of ether oxygens (including phenoxy) is 2. The number of aliphatic hydroxyl groups is 2. The third-order valence-corrected chi connectivity index (χ3v) is 8.01. The molecule has 9 nitrogen and oxygen atoms in total. The summed E-state index contributed by atoms with van der Waals surface area (Å²) in [6, 6.07) is 7.46. The molecule has 2 unspecified atom stereocenters. The molecular weight excluding hydrogens is 566 g/mol. The molecule has 2 N–H and O–H groups in total. The highest BCUT2D eigenvalue weighted by molar-refractivity contribution is 9.10. The molecule has 0 amide bonds. The average Bonchev–Trinajstić information content (AvgIpc) is 3.41. The summed E-state index contributed by atoms with van der Waals surface area (Å²) in [7, 11) is 1.53.